The molecule has 0 radical (unpaired) electrons. The van der Waals surface area contributed by atoms with Crippen molar-refractivity contribution < 1.29 is 9.23 Å². The first kappa shape index (κ1) is 13.0. The zero-order valence-corrected chi connectivity index (χ0v) is 10.5. The first-order valence-corrected chi connectivity index (χ1v) is 5.96. The molecule has 0 aromatic heterocycles. The van der Waals surface area contributed by atoms with Gasteiger partial charge < -0.3 is 0 Å². The molecule has 0 amide bonds. The fraction of sp³-hybridized carbons (Fsp3) is 0.143. The summed E-state index contributed by atoms with van der Waals surface area (Å²) in [6.07, 6.45) is 0. The number of hydrogen-bond acceptors (Lipinski definition) is 2. The van der Waals surface area contributed by atoms with Crippen LogP contribution in [0, 0.1) is 5.82 Å². The highest BCUT2D eigenvalue weighted by Gasteiger charge is 2.01. The lowest BCUT2D eigenvalue weighted by Crippen LogP contribution is -2.14. The molecule has 0 heterocycles. The second-order valence-corrected chi connectivity index (χ2v) is 4.24. The van der Waals surface area contributed by atoms with Crippen LogP contribution in [0.4, 0.5) is 4.39 Å². The first-order chi connectivity index (χ1) is 8.75. The standard InChI is InChI=1S/C14H13ClFNO/c15-14-7-6-13(16)8-12(14)9-17-18-10-11-4-2-1-3-5-11/h1-8,17H,9-10H2. The van der Waals surface area contributed by atoms with Crippen LogP contribution in [0.25, 0.3) is 0 Å². The van der Waals surface area contributed by atoms with Crippen LogP contribution < -0.4 is 5.48 Å². The van der Waals surface area contributed by atoms with E-state index >= 15 is 0 Å². The minimum absolute atomic E-state index is 0.306. The largest absolute Gasteiger partial charge is 0.297 e. The van der Waals surface area contributed by atoms with Gasteiger partial charge in [0.05, 0.1) is 6.61 Å². The summed E-state index contributed by atoms with van der Waals surface area (Å²) in [6.45, 7) is 0.817. The molecule has 1 N–H and O–H groups in total. The van der Waals surface area contributed by atoms with Crippen molar-refractivity contribution >= 4 is 11.6 Å². The van der Waals surface area contributed by atoms with Gasteiger partial charge in [0.2, 0.25) is 0 Å². The Morgan fingerprint density at radius 3 is 2.67 bits per heavy atom. The third-order valence-electron chi connectivity index (χ3n) is 2.45. The third kappa shape index (κ3) is 3.81. The molecule has 2 aromatic carbocycles. The summed E-state index contributed by atoms with van der Waals surface area (Å²) in [7, 11) is 0. The maximum atomic E-state index is 13.0. The number of nitrogens with one attached hydrogen (secondary N) is 1. The van der Waals surface area contributed by atoms with E-state index in [-0.39, 0.29) is 5.82 Å². The Kier molecular flexibility index (Phi) is 4.70. The van der Waals surface area contributed by atoms with Crippen molar-refractivity contribution in [3.63, 3.8) is 0 Å². The molecular weight excluding hydrogens is 253 g/mol. The normalized spacial score (nSPS) is 10.6. The van der Waals surface area contributed by atoms with Crippen molar-refractivity contribution in [2.24, 2.45) is 0 Å². The van der Waals surface area contributed by atoms with Gasteiger partial charge in [-0.05, 0) is 29.3 Å². The van der Waals surface area contributed by atoms with Crippen molar-refractivity contribution in [3.05, 3.63) is 70.5 Å². The lowest BCUT2D eigenvalue weighted by molar-refractivity contribution is 0.0235. The summed E-state index contributed by atoms with van der Waals surface area (Å²) in [4.78, 5) is 5.29. The lowest BCUT2D eigenvalue weighted by Gasteiger charge is -2.07. The Morgan fingerprint density at radius 2 is 1.89 bits per heavy atom. The molecule has 18 heavy (non-hydrogen) atoms. The lowest BCUT2D eigenvalue weighted by atomic mass is 10.2. The number of halogens is 2. The Labute approximate surface area is 110 Å². The second-order valence-electron chi connectivity index (χ2n) is 3.83. The van der Waals surface area contributed by atoms with Crippen LogP contribution in [0.3, 0.4) is 0 Å². The summed E-state index contributed by atoms with van der Waals surface area (Å²) in [5.41, 5.74) is 4.50. The highest BCUT2D eigenvalue weighted by Crippen LogP contribution is 2.16. The molecule has 94 valence electrons. The Balaban J connectivity index is 1.80. The Hall–Kier alpha value is -1.42. The van der Waals surface area contributed by atoms with E-state index in [9.17, 15) is 4.39 Å². The van der Waals surface area contributed by atoms with Crippen molar-refractivity contribution in [1.82, 2.24) is 5.48 Å². The van der Waals surface area contributed by atoms with Gasteiger partial charge in [0, 0.05) is 11.6 Å². The maximum Gasteiger partial charge on any atom is 0.123 e. The molecule has 0 fully saturated rings. The molecule has 0 atom stereocenters. The molecule has 0 unspecified atom stereocenters. The van der Waals surface area contributed by atoms with Gasteiger partial charge in [-0.3, -0.25) is 4.84 Å². The zero-order chi connectivity index (χ0) is 12.8. The second kappa shape index (κ2) is 6.50. The first-order valence-electron chi connectivity index (χ1n) is 5.58. The van der Waals surface area contributed by atoms with Gasteiger partial charge in [0.15, 0.2) is 0 Å². The highest BCUT2D eigenvalue weighted by molar-refractivity contribution is 6.31. The monoisotopic (exact) mass is 265 g/mol. The van der Waals surface area contributed by atoms with Crippen molar-refractivity contribution in [2.45, 2.75) is 13.2 Å². The van der Waals surface area contributed by atoms with Gasteiger partial charge >= 0.3 is 0 Å². The van der Waals surface area contributed by atoms with E-state index in [1.54, 1.807) is 0 Å². The molecule has 2 rings (SSSR count). The molecule has 0 aliphatic carbocycles. The van der Waals surface area contributed by atoms with E-state index in [0.717, 1.165) is 5.56 Å². The molecule has 4 heteroatoms. The molecule has 0 spiro atoms. The average molecular weight is 266 g/mol. The summed E-state index contributed by atoms with van der Waals surface area (Å²) >= 11 is 5.93. The molecule has 0 saturated heterocycles. The van der Waals surface area contributed by atoms with Crippen molar-refractivity contribution in [1.29, 1.82) is 0 Å². The Morgan fingerprint density at radius 1 is 1.11 bits per heavy atom. The van der Waals surface area contributed by atoms with Crippen LogP contribution in [0.5, 0.6) is 0 Å². The molecular formula is C14H13ClFNO. The summed E-state index contributed by atoms with van der Waals surface area (Å²) in [5, 5.41) is 0.521. The van der Waals surface area contributed by atoms with Gasteiger partial charge in [0.1, 0.15) is 5.82 Å². The van der Waals surface area contributed by atoms with Crippen LogP contribution in [0.2, 0.25) is 5.02 Å². The van der Waals surface area contributed by atoms with Gasteiger partial charge in [-0.2, -0.15) is 5.48 Å². The van der Waals surface area contributed by atoms with E-state index < -0.39 is 0 Å². The van der Waals surface area contributed by atoms with Crippen LogP contribution >= 0.6 is 11.6 Å². The minimum atomic E-state index is -0.306. The van der Waals surface area contributed by atoms with Gasteiger partial charge in [-0.1, -0.05) is 41.9 Å². The Bertz CT molecular complexity index is 504. The van der Waals surface area contributed by atoms with E-state index in [1.165, 1.54) is 18.2 Å². The average Bonchev–Trinajstić information content (AvgIpc) is 2.40. The van der Waals surface area contributed by atoms with Gasteiger partial charge in [0.25, 0.3) is 0 Å². The molecule has 2 nitrogen and oxygen atoms in total. The third-order valence-corrected chi connectivity index (χ3v) is 2.82. The van der Waals surface area contributed by atoms with E-state index in [1.807, 2.05) is 30.3 Å². The predicted molar refractivity (Wildman–Crippen MR) is 69.5 cm³/mol. The zero-order valence-electron chi connectivity index (χ0n) is 9.70. The topological polar surface area (TPSA) is 21.3 Å². The van der Waals surface area contributed by atoms with Crippen molar-refractivity contribution in [2.75, 3.05) is 0 Å². The summed E-state index contributed by atoms with van der Waals surface area (Å²) < 4.78 is 13.0. The number of benzene rings is 2. The fourth-order valence-electron chi connectivity index (χ4n) is 1.52. The maximum absolute atomic E-state index is 13.0. The molecule has 0 bridgehead atoms. The number of hydrogen-bond donors (Lipinski definition) is 1. The van der Waals surface area contributed by atoms with Gasteiger partial charge in [-0.15, -0.1) is 0 Å². The number of rotatable bonds is 5. The summed E-state index contributed by atoms with van der Waals surface area (Å²) in [5.74, 6) is -0.306. The molecule has 0 aliphatic rings. The molecule has 0 saturated carbocycles. The summed E-state index contributed by atoms with van der Waals surface area (Å²) in [6, 6.07) is 14.0. The van der Waals surface area contributed by atoms with Crippen LogP contribution in [0.15, 0.2) is 48.5 Å². The molecule has 0 aliphatic heterocycles. The van der Waals surface area contributed by atoms with Crippen LogP contribution in [-0.2, 0) is 18.0 Å². The highest BCUT2D eigenvalue weighted by atomic mass is 35.5. The fourth-order valence-corrected chi connectivity index (χ4v) is 1.70. The minimum Gasteiger partial charge on any atom is -0.297 e. The SMILES string of the molecule is Fc1ccc(Cl)c(CNOCc2ccccc2)c1. The smallest absolute Gasteiger partial charge is 0.123 e. The van der Waals surface area contributed by atoms with E-state index in [4.69, 9.17) is 16.4 Å². The van der Waals surface area contributed by atoms with E-state index in [0.29, 0.717) is 23.7 Å². The predicted octanol–water partition coefficient (Wildman–Crippen LogP) is 3.70. The van der Waals surface area contributed by atoms with Crippen molar-refractivity contribution in [3.8, 4) is 0 Å². The van der Waals surface area contributed by atoms with Gasteiger partial charge in [-0.25, -0.2) is 4.39 Å². The molecule has 2 aromatic rings. The number of hydroxylamine groups is 1. The quantitative estimate of drug-likeness (QED) is 0.657. The van der Waals surface area contributed by atoms with Crippen LogP contribution in [0.1, 0.15) is 11.1 Å². The van der Waals surface area contributed by atoms with Crippen LogP contribution in [-0.4, -0.2) is 0 Å². The van der Waals surface area contributed by atoms with E-state index in [2.05, 4.69) is 5.48 Å².